The third-order valence-corrected chi connectivity index (χ3v) is 8.37. The number of rotatable bonds is 7. The van der Waals surface area contributed by atoms with Gasteiger partial charge in [-0.05, 0) is 55.1 Å². The van der Waals surface area contributed by atoms with Crippen molar-refractivity contribution >= 4 is 51.0 Å². The Morgan fingerprint density at radius 1 is 1.08 bits per heavy atom. The van der Waals surface area contributed by atoms with Crippen LogP contribution in [0.5, 0.6) is 5.75 Å². The fourth-order valence-corrected chi connectivity index (χ4v) is 6.20. The molecule has 4 aromatic rings. The average molecular weight is 545 g/mol. The van der Waals surface area contributed by atoms with Crippen molar-refractivity contribution in [1.29, 1.82) is 0 Å². The lowest BCUT2D eigenvalue weighted by Gasteiger charge is -2.21. The van der Waals surface area contributed by atoms with Crippen LogP contribution in [0, 0.1) is 13.8 Å². The maximum absolute atomic E-state index is 13.3. The molecular formula is C29H24N2O5S2. The molecule has 5 rings (SSSR count). The summed E-state index contributed by atoms with van der Waals surface area (Å²) in [6.07, 6.45) is 0. The maximum Gasteiger partial charge on any atom is 0.301 e. The molecule has 7 nitrogen and oxygen atoms in total. The molecule has 9 heteroatoms. The largest absolute Gasteiger partial charge is 0.507 e. The van der Waals surface area contributed by atoms with Crippen LogP contribution in [0.1, 0.15) is 49.9 Å². The monoisotopic (exact) mass is 544 g/mol. The molecule has 3 heterocycles. The number of carbonyl (C=O) groups excluding carboxylic acids is 3. The summed E-state index contributed by atoms with van der Waals surface area (Å²) in [7, 11) is 0. The first-order valence-corrected chi connectivity index (χ1v) is 13.6. The van der Waals surface area contributed by atoms with Gasteiger partial charge in [0.1, 0.15) is 24.2 Å². The van der Waals surface area contributed by atoms with Crippen molar-refractivity contribution in [2.24, 2.45) is 0 Å². The first-order chi connectivity index (χ1) is 18.2. The van der Waals surface area contributed by atoms with Crippen LogP contribution < -0.4 is 9.64 Å². The Morgan fingerprint density at radius 3 is 2.47 bits per heavy atom. The van der Waals surface area contributed by atoms with E-state index in [0.29, 0.717) is 33.4 Å². The normalized spacial score (nSPS) is 16.7. The Kier molecular flexibility index (Phi) is 6.96. The van der Waals surface area contributed by atoms with E-state index in [-0.39, 0.29) is 22.2 Å². The summed E-state index contributed by atoms with van der Waals surface area (Å²) in [6, 6.07) is 17.5. The topological polar surface area (TPSA) is 96.8 Å². The van der Waals surface area contributed by atoms with E-state index in [4.69, 9.17) is 4.74 Å². The summed E-state index contributed by atoms with van der Waals surface area (Å²) in [5, 5.41) is 13.4. The SMILES string of the molecule is CC(=O)c1sc(N2C(=O)C(=O)C(=C(O)c3ccc(OCc4cccc(C)c4)cc3)C2c2cccs2)nc1C. The molecule has 0 saturated carbocycles. The standard InChI is InChI=1S/C29H24N2O5S2/c1-16-6-4-7-19(14-16)15-36-21-11-9-20(10-12-21)25(33)23-24(22-8-5-13-37-22)31(28(35)26(23)34)29-30-17(2)27(38-29)18(3)32/h4-14,24,33H,15H2,1-3H3. The quantitative estimate of drug-likeness (QED) is 0.128. The van der Waals surface area contributed by atoms with Gasteiger partial charge in [0.25, 0.3) is 5.78 Å². The predicted octanol–water partition coefficient (Wildman–Crippen LogP) is 6.23. The van der Waals surface area contributed by atoms with Crippen LogP contribution in [-0.2, 0) is 16.2 Å². The van der Waals surface area contributed by atoms with Gasteiger partial charge in [-0.3, -0.25) is 19.3 Å². The van der Waals surface area contributed by atoms with Gasteiger partial charge in [0.05, 0.1) is 16.1 Å². The van der Waals surface area contributed by atoms with Crippen molar-refractivity contribution in [3.05, 3.63) is 104 Å². The van der Waals surface area contributed by atoms with Crippen LogP contribution in [-0.4, -0.2) is 27.6 Å². The molecule has 38 heavy (non-hydrogen) atoms. The van der Waals surface area contributed by atoms with Crippen molar-refractivity contribution in [1.82, 2.24) is 4.98 Å². The lowest BCUT2D eigenvalue weighted by molar-refractivity contribution is -0.132. The molecule has 0 bridgehead atoms. The highest BCUT2D eigenvalue weighted by Gasteiger charge is 2.48. The van der Waals surface area contributed by atoms with Gasteiger partial charge in [0.15, 0.2) is 10.9 Å². The van der Waals surface area contributed by atoms with Crippen LogP contribution in [0.15, 0.2) is 71.6 Å². The molecule has 1 fully saturated rings. The molecule has 2 aromatic carbocycles. The zero-order chi connectivity index (χ0) is 27.0. The van der Waals surface area contributed by atoms with Gasteiger partial charge >= 0.3 is 5.91 Å². The Labute approximate surface area is 227 Å². The molecule has 1 aliphatic rings. The number of nitrogens with zero attached hydrogens (tertiary/aromatic N) is 2. The zero-order valence-corrected chi connectivity index (χ0v) is 22.6. The molecule has 1 amide bonds. The van der Waals surface area contributed by atoms with E-state index in [1.54, 1.807) is 37.3 Å². The highest BCUT2D eigenvalue weighted by atomic mass is 32.1. The van der Waals surface area contributed by atoms with Crippen LogP contribution in [0.3, 0.4) is 0 Å². The van der Waals surface area contributed by atoms with Crippen molar-refractivity contribution in [2.75, 3.05) is 4.90 Å². The minimum Gasteiger partial charge on any atom is -0.507 e. The van der Waals surface area contributed by atoms with E-state index in [0.717, 1.165) is 22.5 Å². The second-order valence-electron chi connectivity index (χ2n) is 8.95. The smallest absolute Gasteiger partial charge is 0.301 e. The molecule has 0 radical (unpaired) electrons. The second-order valence-corrected chi connectivity index (χ2v) is 10.9. The Hall–Kier alpha value is -4.08. The molecule has 192 valence electrons. The van der Waals surface area contributed by atoms with Crippen molar-refractivity contribution in [3.63, 3.8) is 0 Å². The Balaban J connectivity index is 1.49. The highest BCUT2D eigenvalue weighted by Crippen LogP contribution is 2.45. The van der Waals surface area contributed by atoms with E-state index in [1.807, 2.05) is 42.6 Å². The average Bonchev–Trinajstić information content (AvgIpc) is 3.62. The van der Waals surface area contributed by atoms with Crippen LogP contribution in [0.25, 0.3) is 5.76 Å². The molecule has 0 spiro atoms. The molecular weight excluding hydrogens is 520 g/mol. The zero-order valence-electron chi connectivity index (χ0n) is 20.9. The first kappa shape index (κ1) is 25.6. The number of hydrogen-bond acceptors (Lipinski definition) is 8. The van der Waals surface area contributed by atoms with Crippen LogP contribution in [0.2, 0.25) is 0 Å². The Morgan fingerprint density at radius 2 is 1.84 bits per heavy atom. The lowest BCUT2D eigenvalue weighted by atomic mass is 10.00. The summed E-state index contributed by atoms with van der Waals surface area (Å²) in [4.78, 5) is 45.4. The summed E-state index contributed by atoms with van der Waals surface area (Å²) in [5.41, 5.74) is 3.03. The summed E-state index contributed by atoms with van der Waals surface area (Å²) in [6.45, 7) is 5.54. The van der Waals surface area contributed by atoms with E-state index in [9.17, 15) is 19.5 Å². The number of carbonyl (C=O) groups is 3. The van der Waals surface area contributed by atoms with Gasteiger partial charge in [0, 0.05) is 17.4 Å². The van der Waals surface area contributed by atoms with Crippen LogP contribution in [0.4, 0.5) is 5.13 Å². The molecule has 1 aliphatic heterocycles. The number of aryl methyl sites for hydroxylation is 2. The van der Waals surface area contributed by atoms with E-state index in [1.165, 1.54) is 23.2 Å². The van der Waals surface area contributed by atoms with Gasteiger partial charge in [0.2, 0.25) is 0 Å². The highest BCUT2D eigenvalue weighted by molar-refractivity contribution is 7.18. The number of aromatic nitrogens is 1. The van der Waals surface area contributed by atoms with Gasteiger partial charge < -0.3 is 9.84 Å². The number of amides is 1. The summed E-state index contributed by atoms with van der Waals surface area (Å²) < 4.78 is 5.87. The first-order valence-electron chi connectivity index (χ1n) is 11.9. The third kappa shape index (κ3) is 4.78. The van der Waals surface area contributed by atoms with E-state index in [2.05, 4.69) is 4.98 Å². The number of ether oxygens (including phenoxy) is 1. The van der Waals surface area contributed by atoms with Gasteiger partial charge in [-0.15, -0.1) is 11.3 Å². The summed E-state index contributed by atoms with van der Waals surface area (Å²) >= 11 is 2.43. The third-order valence-electron chi connectivity index (χ3n) is 6.18. The number of aliphatic hydroxyl groups is 1. The van der Waals surface area contributed by atoms with Crippen LogP contribution >= 0.6 is 22.7 Å². The number of anilines is 1. The van der Waals surface area contributed by atoms with Crippen molar-refractivity contribution < 1.29 is 24.2 Å². The van der Waals surface area contributed by atoms with Crippen molar-refractivity contribution in [2.45, 2.75) is 33.4 Å². The molecule has 0 aliphatic carbocycles. The van der Waals surface area contributed by atoms with E-state index < -0.39 is 17.7 Å². The van der Waals surface area contributed by atoms with Gasteiger partial charge in [-0.1, -0.05) is 47.2 Å². The van der Waals surface area contributed by atoms with E-state index >= 15 is 0 Å². The van der Waals surface area contributed by atoms with Gasteiger partial charge in [-0.2, -0.15) is 0 Å². The predicted molar refractivity (Wildman–Crippen MR) is 148 cm³/mol. The fourth-order valence-electron chi connectivity index (χ4n) is 4.39. The molecule has 2 aromatic heterocycles. The van der Waals surface area contributed by atoms with Crippen molar-refractivity contribution in [3.8, 4) is 5.75 Å². The lowest BCUT2D eigenvalue weighted by Crippen LogP contribution is -2.29. The molecule has 1 N–H and O–H groups in total. The number of Topliss-reactive ketones (excluding diaryl/α,β-unsaturated/α-hetero) is 2. The number of thiazole rings is 1. The maximum atomic E-state index is 13.3. The molecule has 1 atom stereocenters. The second kappa shape index (κ2) is 10.4. The van der Waals surface area contributed by atoms with Gasteiger partial charge in [-0.25, -0.2) is 4.98 Å². The summed E-state index contributed by atoms with van der Waals surface area (Å²) in [5.74, 6) is -1.45. The minimum atomic E-state index is -0.863. The number of aliphatic hydroxyl groups excluding tert-OH is 1. The minimum absolute atomic E-state index is 0.0249. The molecule has 1 unspecified atom stereocenters. The molecule has 1 saturated heterocycles. The number of thiophene rings is 1. The number of ketones is 2. The number of hydrogen-bond donors (Lipinski definition) is 1. The Bertz CT molecular complexity index is 1570. The fraction of sp³-hybridized carbons (Fsp3) is 0.172. The number of benzene rings is 2.